The Hall–Kier alpha value is -0.0800. The fourth-order valence-electron chi connectivity index (χ4n) is 3.37. The second-order valence-electron chi connectivity index (χ2n) is 4.84. The minimum atomic E-state index is -0.0522. The summed E-state index contributed by atoms with van der Waals surface area (Å²) in [6.45, 7) is 0. The first kappa shape index (κ1) is 9.47. The van der Waals surface area contributed by atoms with E-state index in [-0.39, 0.29) is 6.10 Å². The Morgan fingerprint density at radius 1 is 1.23 bits per heavy atom. The lowest BCUT2D eigenvalue weighted by atomic mass is 9.68. The molecule has 2 fully saturated rings. The van der Waals surface area contributed by atoms with Crippen molar-refractivity contribution in [1.29, 1.82) is 0 Å². The molecule has 0 heterocycles. The molecular weight excluding hydrogens is 162 g/mol. The zero-order valence-electron chi connectivity index (χ0n) is 8.55. The van der Waals surface area contributed by atoms with E-state index in [2.05, 4.69) is 5.32 Å². The van der Waals surface area contributed by atoms with Gasteiger partial charge in [-0.3, -0.25) is 0 Å². The molecular formula is C11H21NO. The van der Waals surface area contributed by atoms with Crippen LogP contribution in [0.4, 0.5) is 0 Å². The third kappa shape index (κ3) is 1.62. The number of aliphatic hydroxyl groups excluding tert-OH is 1. The van der Waals surface area contributed by atoms with Gasteiger partial charge in [-0.2, -0.15) is 0 Å². The van der Waals surface area contributed by atoms with Gasteiger partial charge in [0.15, 0.2) is 0 Å². The van der Waals surface area contributed by atoms with Gasteiger partial charge in [-0.05, 0) is 44.6 Å². The van der Waals surface area contributed by atoms with E-state index < -0.39 is 0 Å². The van der Waals surface area contributed by atoms with Crippen LogP contribution in [-0.4, -0.2) is 24.3 Å². The first-order valence-corrected chi connectivity index (χ1v) is 5.62. The highest BCUT2D eigenvalue weighted by atomic mass is 16.3. The molecule has 2 N–H and O–H groups in total. The van der Waals surface area contributed by atoms with Crippen molar-refractivity contribution in [3.63, 3.8) is 0 Å². The summed E-state index contributed by atoms with van der Waals surface area (Å²) in [7, 11) is 2.04. The van der Waals surface area contributed by atoms with E-state index in [1.165, 1.54) is 32.1 Å². The summed E-state index contributed by atoms with van der Waals surface area (Å²) < 4.78 is 0. The summed E-state index contributed by atoms with van der Waals surface area (Å²) in [6.07, 6.45) is 8.73. The van der Waals surface area contributed by atoms with Crippen LogP contribution in [0.1, 0.15) is 44.9 Å². The molecule has 0 bridgehead atoms. The molecule has 2 saturated carbocycles. The van der Waals surface area contributed by atoms with Crippen LogP contribution in [0, 0.1) is 5.41 Å². The van der Waals surface area contributed by atoms with E-state index in [1.54, 1.807) is 0 Å². The Labute approximate surface area is 80.7 Å². The molecule has 1 spiro atoms. The van der Waals surface area contributed by atoms with Crippen molar-refractivity contribution < 1.29 is 5.11 Å². The number of hydrogen-bond acceptors (Lipinski definition) is 2. The van der Waals surface area contributed by atoms with Crippen molar-refractivity contribution in [3.8, 4) is 0 Å². The Morgan fingerprint density at radius 2 is 1.92 bits per heavy atom. The quantitative estimate of drug-likeness (QED) is 0.648. The van der Waals surface area contributed by atoms with Crippen molar-refractivity contribution in [2.45, 2.75) is 57.1 Å². The molecule has 0 aromatic carbocycles. The van der Waals surface area contributed by atoms with Gasteiger partial charge in [-0.15, -0.1) is 0 Å². The van der Waals surface area contributed by atoms with Crippen LogP contribution in [0.2, 0.25) is 0 Å². The minimum absolute atomic E-state index is 0.0522. The Bertz CT molecular complexity index is 175. The molecule has 0 aromatic heterocycles. The summed E-state index contributed by atoms with van der Waals surface area (Å²) in [4.78, 5) is 0. The molecule has 2 atom stereocenters. The SMILES string of the molecule is CNC1CC(O)CCC12CCCC2. The normalized spacial score (nSPS) is 38.3. The molecule has 13 heavy (non-hydrogen) atoms. The van der Waals surface area contributed by atoms with Crippen LogP contribution in [0.5, 0.6) is 0 Å². The first-order chi connectivity index (χ1) is 6.27. The van der Waals surface area contributed by atoms with E-state index in [0.717, 1.165) is 12.8 Å². The number of hydrogen-bond donors (Lipinski definition) is 2. The highest BCUT2D eigenvalue weighted by Crippen LogP contribution is 2.48. The van der Waals surface area contributed by atoms with E-state index in [9.17, 15) is 5.11 Å². The molecule has 0 saturated heterocycles. The summed E-state index contributed by atoms with van der Waals surface area (Å²) in [5.74, 6) is 0. The highest BCUT2D eigenvalue weighted by molar-refractivity contribution is 4.98. The zero-order valence-corrected chi connectivity index (χ0v) is 8.55. The predicted molar refractivity (Wildman–Crippen MR) is 53.6 cm³/mol. The molecule has 0 radical (unpaired) electrons. The number of aliphatic hydroxyl groups is 1. The van der Waals surface area contributed by atoms with Crippen molar-refractivity contribution in [2.24, 2.45) is 5.41 Å². The first-order valence-electron chi connectivity index (χ1n) is 5.62. The molecule has 2 heteroatoms. The molecule has 2 rings (SSSR count). The van der Waals surface area contributed by atoms with Gasteiger partial charge in [0.05, 0.1) is 6.10 Å². The van der Waals surface area contributed by atoms with Gasteiger partial charge >= 0.3 is 0 Å². The topological polar surface area (TPSA) is 32.3 Å². The van der Waals surface area contributed by atoms with Gasteiger partial charge in [0.2, 0.25) is 0 Å². The smallest absolute Gasteiger partial charge is 0.0555 e. The molecule has 0 aromatic rings. The van der Waals surface area contributed by atoms with E-state index in [1.807, 2.05) is 7.05 Å². The predicted octanol–water partition coefficient (Wildman–Crippen LogP) is 1.68. The Morgan fingerprint density at radius 3 is 2.54 bits per heavy atom. The van der Waals surface area contributed by atoms with Crippen molar-refractivity contribution >= 4 is 0 Å². The minimum Gasteiger partial charge on any atom is -0.393 e. The van der Waals surface area contributed by atoms with Crippen LogP contribution in [-0.2, 0) is 0 Å². The maximum atomic E-state index is 9.61. The fourth-order valence-corrected chi connectivity index (χ4v) is 3.37. The van der Waals surface area contributed by atoms with E-state index >= 15 is 0 Å². The monoisotopic (exact) mass is 183 g/mol. The fraction of sp³-hybridized carbons (Fsp3) is 1.00. The largest absolute Gasteiger partial charge is 0.393 e. The van der Waals surface area contributed by atoms with Crippen LogP contribution in [0.15, 0.2) is 0 Å². The van der Waals surface area contributed by atoms with Crippen LogP contribution in [0.3, 0.4) is 0 Å². The van der Waals surface area contributed by atoms with E-state index in [0.29, 0.717) is 11.5 Å². The summed E-state index contributed by atoms with van der Waals surface area (Å²) in [5.41, 5.74) is 0.550. The lowest BCUT2D eigenvalue weighted by Gasteiger charge is -2.43. The van der Waals surface area contributed by atoms with Gasteiger partial charge in [-0.25, -0.2) is 0 Å². The van der Waals surface area contributed by atoms with Crippen LogP contribution in [0.25, 0.3) is 0 Å². The third-order valence-corrected chi connectivity index (χ3v) is 4.17. The summed E-state index contributed by atoms with van der Waals surface area (Å²) in [6, 6.07) is 0.568. The van der Waals surface area contributed by atoms with Crippen LogP contribution >= 0.6 is 0 Å². The number of rotatable bonds is 1. The van der Waals surface area contributed by atoms with Crippen LogP contribution < -0.4 is 5.32 Å². The summed E-state index contributed by atoms with van der Waals surface area (Å²) >= 11 is 0. The molecule has 0 aliphatic heterocycles. The molecule has 0 amide bonds. The highest BCUT2D eigenvalue weighted by Gasteiger charge is 2.43. The van der Waals surface area contributed by atoms with Gasteiger partial charge in [-0.1, -0.05) is 12.8 Å². The van der Waals surface area contributed by atoms with Gasteiger partial charge in [0.1, 0.15) is 0 Å². The zero-order chi connectivity index (χ0) is 9.31. The van der Waals surface area contributed by atoms with E-state index in [4.69, 9.17) is 0 Å². The molecule has 2 unspecified atom stereocenters. The molecule has 2 aliphatic rings. The van der Waals surface area contributed by atoms with Gasteiger partial charge < -0.3 is 10.4 Å². The number of nitrogens with one attached hydrogen (secondary N) is 1. The second kappa shape index (κ2) is 3.58. The van der Waals surface area contributed by atoms with Gasteiger partial charge in [0, 0.05) is 6.04 Å². The van der Waals surface area contributed by atoms with Crippen molar-refractivity contribution in [3.05, 3.63) is 0 Å². The summed E-state index contributed by atoms with van der Waals surface area (Å²) in [5, 5.41) is 13.0. The van der Waals surface area contributed by atoms with Crippen molar-refractivity contribution in [1.82, 2.24) is 5.32 Å². The average Bonchev–Trinajstić information content (AvgIpc) is 2.59. The molecule has 2 nitrogen and oxygen atoms in total. The standard InChI is InChI=1S/C11H21NO/c1-12-10-8-9(13)4-7-11(10)5-2-3-6-11/h9-10,12-13H,2-8H2,1H3. The second-order valence-corrected chi connectivity index (χ2v) is 4.84. The van der Waals surface area contributed by atoms with Gasteiger partial charge in [0.25, 0.3) is 0 Å². The average molecular weight is 183 g/mol. The molecule has 2 aliphatic carbocycles. The Kier molecular flexibility index (Phi) is 2.61. The maximum Gasteiger partial charge on any atom is 0.0555 e. The lowest BCUT2D eigenvalue weighted by Crippen LogP contribution is -2.48. The third-order valence-electron chi connectivity index (χ3n) is 4.17. The lowest BCUT2D eigenvalue weighted by molar-refractivity contribution is 0.0357. The molecule has 76 valence electrons. The Balaban J connectivity index is 2.08. The van der Waals surface area contributed by atoms with Crippen molar-refractivity contribution in [2.75, 3.05) is 7.05 Å². The maximum absolute atomic E-state index is 9.61.